The number of carboxylic acids is 1. The highest BCUT2D eigenvalue weighted by molar-refractivity contribution is 5.78. The van der Waals surface area contributed by atoms with Crippen molar-refractivity contribution in [2.24, 2.45) is 0 Å². The molecule has 0 heterocycles. The molecule has 1 unspecified atom stereocenters. The molecule has 0 radical (unpaired) electrons. The van der Waals surface area contributed by atoms with Crippen LogP contribution in [0.15, 0.2) is 18.2 Å². The molecule has 6 heteroatoms. The molecule has 20 heavy (non-hydrogen) atoms. The normalized spacial score (nSPS) is 13.8. The first-order chi connectivity index (χ1) is 9.40. The largest absolute Gasteiger partial charge is 0.488 e. The summed E-state index contributed by atoms with van der Waals surface area (Å²) in [4.78, 5) is 11.0. The van der Waals surface area contributed by atoms with E-state index in [1.54, 1.807) is 14.0 Å². The third kappa shape index (κ3) is 4.16. The molecule has 1 aromatic rings. The predicted octanol–water partition coefficient (Wildman–Crippen LogP) is 2.58. The Labute approximate surface area is 116 Å². The van der Waals surface area contributed by atoms with Gasteiger partial charge in [0.2, 0.25) is 0 Å². The van der Waals surface area contributed by atoms with Gasteiger partial charge in [-0.3, -0.25) is 4.79 Å². The monoisotopic (exact) mass is 287 g/mol. The number of hydrogen-bond donors (Lipinski definition) is 2. The quantitative estimate of drug-likeness (QED) is 0.722. The molecule has 0 bridgehead atoms. The lowest BCUT2D eigenvalue weighted by atomic mass is 9.95. The van der Waals surface area contributed by atoms with Crippen molar-refractivity contribution in [2.75, 3.05) is 13.7 Å². The fourth-order valence-corrected chi connectivity index (χ4v) is 1.71. The van der Waals surface area contributed by atoms with Gasteiger partial charge in [0.05, 0.1) is 6.61 Å². The minimum Gasteiger partial charge on any atom is -0.488 e. The summed E-state index contributed by atoms with van der Waals surface area (Å²) in [5.41, 5.74) is -0.997. The van der Waals surface area contributed by atoms with E-state index in [9.17, 15) is 13.6 Å². The topological polar surface area (TPSA) is 58.6 Å². The molecule has 0 spiro atoms. The maximum Gasteiger partial charge on any atom is 0.323 e. The van der Waals surface area contributed by atoms with Crippen LogP contribution in [0.25, 0.3) is 0 Å². The Morgan fingerprint density at radius 2 is 1.95 bits per heavy atom. The van der Waals surface area contributed by atoms with Gasteiger partial charge >= 0.3 is 5.97 Å². The Hall–Kier alpha value is -1.69. The van der Waals surface area contributed by atoms with Crippen molar-refractivity contribution in [2.45, 2.75) is 31.7 Å². The summed E-state index contributed by atoms with van der Waals surface area (Å²) in [5.74, 6) is -2.80. The summed E-state index contributed by atoms with van der Waals surface area (Å²) in [5, 5.41) is 11.8. The van der Waals surface area contributed by atoms with Gasteiger partial charge < -0.3 is 15.2 Å². The van der Waals surface area contributed by atoms with Crippen LogP contribution >= 0.6 is 0 Å². The number of halogens is 2. The minimum atomic E-state index is -0.997. The summed E-state index contributed by atoms with van der Waals surface area (Å²) in [6.07, 6.45) is 1.49. The number of rotatable bonds is 8. The molecule has 112 valence electrons. The van der Waals surface area contributed by atoms with Gasteiger partial charge in [-0.2, -0.15) is 0 Å². The lowest BCUT2D eigenvalue weighted by Crippen LogP contribution is -2.47. The molecule has 0 aliphatic rings. The number of likely N-dealkylation sites (N-methyl/N-ethyl adjacent to an activating group) is 1. The lowest BCUT2D eigenvalue weighted by molar-refractivity contribution is -0.144. The molecule has 1 atom stereocenters. The number of unbranched alkanes of at least 4 members (excludes halogenated alkanes) is 1. The zero-order chi connectivity index (χ0) is 15.2. The van der Waals surface area contributed by atoms with E-state index in [1.807, 2.05) is 0 Å². The lowest BCUT2D eigenvalue weighted by Gasteiger charge is -2.23. The van der Waals surface area contributed by atoms with Crippen molar-refractivity contribution in [1.29, 1.82) is 0 Å². The van der Waals surface area contributed by atoms with Crippen molar-refractivity contribution >= 4 is 5.97 Å². The summed E-state index contributed by atoms with van der Waals surface area (Å²) < 4.78 is 31.6. The smallest absolute Gasteiger partial charge is 0.323 e. The Morgan fingerprint density at radius 3 is 2.45 bits per heavy atom. The highest BCUT2D eigenvalue weighted by Crippen LogP contribution is 2.21. The maximum absolute atomic E-state index is 13.3. The van der Waals surface area contributed by atoms with Crippen LogP contribution in [0.3, 0.4) is 0 Å². The van der Waals surface area contributed by atoms with Gasteiger partial charge in [-0.1, -0.05) is 6.07 Å². The van der Waals surface area contributed by atoms with Crippen molar-refractivity contribution < 1.29 is 23.4 Å². The van der Waals surface area contributed by atoms with Crippen LogP contribution in [-0.4, -0.2) is 30.3 Å². The van der Waals surface area contributed by atoms with E-state index in [0.29, 0.717) is 19.3 Å². The van der Waals surface area contributed by atoms with Crippen molar-refractivity contribution in [3.63, 3.8) is 0 Å². The summed E-state index contributed by atoms with van der Waals surface area (Å²) in [6, 6.07) is 3.52. The molecule has 0 saturated carbocycles. The fraction of sp³-hybridized carbons (Fsp3) is 0.500. The van der Waals surface area contributed by atoms with Gasteiger partial charge in [-0.25, -0.2) is 8.78 Å². The Kier molecular flexibility index (Phi) is 5.88. The molecule has 0 saturated heterocycles. The molecule has 0 amide bonds. The second-order valence-corrected chi connectivity index (χ2v) is 4.74. The molecule has 4 nitrogen and oxygen atoms in total. The Bertz CT molecular complexity index is 447. The molecular formula is C14H19F2NO3. The van der Waals surface area contributed by atoms with Gasteiger partial charge in [0.25, 0.3) is 0 Å². The van der Waals surface area contributed by atoms with E-state index >= 15 is 0 Å². The number of aliphatic carboxylic acids is 1. The van der Waals surface area contributed by atoms with Crippen LogP contribution in [0.1, 0.15) is 26.2 Å². The average molecular weight is 287 g/mol. The van der Waals surface area contributed by atoms with Crippen LogP contribution in [-0.2, 0) is 4.79 Å². The number of carboxylic acid groups (broad SMARTS) is 1. The van der Waals surface area contributed by atoms with Crippen LogP contribution in [0.5, 0.6) is 5.75 Å². The predicted molar refractivity (Wildman–Crippen MR) is 70.8 cm³/mol. The summed E-state index contributed by atoms with van der Waals surface area (Å²) >= 11 is 0. The minimum absolute atomic E-state index is 0.136. The average Bonchev–Trinajstić information content (AvgIpc) is 2.40. The standard InChI is InChI=1S/C14H19F2NO3/c1-14(17-2,13(18)19)8-3-4-9-20-12-10(15)6-5-7-11(12)16/h5-7,17H,3-4,8-9H2,1-2H3,(H,18,19). The van der Waals surface area contributed by atoms with Crippen molar-refractivity contribution in [3.8, 4) is 5.75 Å². The number of carbonyl (C=O) groups is 1. The SMILES string of the molecule is CNC(C)(CCCCOc1c(F)cccc1F)C(=O)O. The number of hydrogen-bond acceptors (Lipinski definition) is 3. The van der Waals surface area contributed by atoms with E-state index in [4.69, 9.17) is 9.84 Å². The van der Waals surface area contributed by atoms with E-state index in [1.165, 1.54) is 6.07 Å². The van der Waals surface area contributed by atoms with Crippen LogP contribution < -0.4 is 10.1 Å². The molecule has 0 aromatic heterocycles. The van der Waals surface area contributed by atoms with Crippen LogP contribution in [0.2, 0.25) is 0 Å². The Morgan fingerprint density at radius 1 is 1.35 bits per heavy atom. The van der Waals surface area contributed by atoms with Crippen LogP contribution in [0.4, 0.5) is 8.78 Å². The molecule has 0 aliphatic carbocycles. The first kappa shape index (κ1) is 16.4. The van der Waals surface area contributed by atoms with Gasteiger partial charge in [-0.05, 0) is 45.4 Å². The summed E-state index contributed by atoms with van der Waals surface area (Å²) in [7, 11) is 1.58. The number of para-hydroxylation sites is 1. The van der Waals surface area contributed by atoms with E-state index in [2.05, 4.69) is 5.32 Å². The van der Waals surface area contributed by atoms with Gasteiger partial charge in [0.1, 0.15) is 5.54 Å². The second kappa shape index (κ2) is 7.19. The third-order valence-electron chi connectivity index (χ3n) is 3.26. The molecular weight excluding hydrogens is 268 g/mol. The molecule has 0 aliphatic heterocycles. The summed E-state index contributed by atoms with van der Waals surface area (Å²) in [6.45, 7) is 1.73. The fourth-order valence-electron chi connectivity index (χ4n) is 1.71. The zero-order valence-corrected chi connectivity index (χ0v) is 11.6. The molecule has 1 rings (SSSR count). The zero-order valence-electron chi connectivity index (χ0n) is 11.6. The highest BCUT2D eigenvalue weighted by atomic mass is 19.1. The van der Waals surface area contributed by atoms with Gasteiger partial charge in [0.15, 0.2) is 17.4 Å². The van der Waals surface area contributed by atoms with Crippen molar-refractivity contribution in [1.82, 2.24) is 5.32 Å². The molecule has 2 N–H and O–H groups in total. The first-order valence-electron chi connectivity index (χ1n) is 6.40. The van der Waals surface area contributed by atoms with Crippen molar-refractivity contribution in [3.05, 3.63) is 29.8 Å². The molecule has 0 fully saturated rings. The highest BCUT2D eigenvalue weighted by Gasteiger charge is 2.30. The maximum atomic E-state index is 13.3. The van der Waals surface area contributed by atoms with Crippen LogP contribution in [0, 0.1) is 11.6 Å². The molecule has 1 aromatic carbocycles. The van der Waals surface area contributed by atoms with Gasteiger partial charge in [-0.15, -0.1) is 0 Å². The number of ether oxygens (including phenoxy) is 1. The Balaban J connectivity index is 2.38. The second-order valence-electron chi connectivity index (χ2n) is 4.74. The van der Waals surface area contributed by atoms with Gasteiger partial charge in [0, 0.05) is 0 Å². The number of benzene rings is 1. The number of nitrogens with one attached hydrogen (secondary N) is 1. The third-order valence-corrected chi connectivity index (χ3v) is 3.26. The van der Waals surface area contributed by atoms with E-state index in [-0.39, 0.29) is 12.4 Å². The van der Waals surface area contributed by atoms with E-state index < -0.39 is 23.1 Å². The first-order valence-corrected chi connectivity index (χ1v) is 6.40. The van der Waals surface area contributed by atoms with E-state index in [0.717, 1.165) is 12.1 Å².